The quantitative estimate of drug-likeness (QED) is 0.436. The van der Waals surface area contributed by atoms with E-state index >= 15 is 0 Å². The maximum atomic E-state index is 6.33. The number of benzene rings is 3. The Hall–Kier alpha value is -2.54. The summed E-state index contributed by atoms with van der Waals surface area (Å²) < 4.78 is 30.3. The molecule has 0 spiro atoms. The molecule has 5 nitrogen and oxygen atoms in total. The van der Waals surface area contributed by atoms with Crippen LogP contribution in [-0.2, 0) is 43.5 Å². The van der Waals surface area contributed by atoms with Crippen molar-refractivity contribution in [3.05, 3.63) is 108 Å². The highest BCUT2D eigenvalue weighted by Crippen LogP contribution is 2.29. The standard InChI is InChI=1S/C27H30O5/c1-28-27-26(31-19-23-15-9-4-10-16-23)25(30-18-22-13-7-3-8-14-22)24(32-27)20-29-17-21-11-5-2-6-12-21/h2-16,24-27H,17-20H2,1H3/t24-,25?,26-,27?/m1/s1. The van der Waals surface area contributed by atoms with Gasteiger partial charge in [-0.25, -0.2) is 0 Å². The molecule has 1 saturated heterocycles. The van der Waals surface area contributed by atoms with Crippen LogP contribution in [0.2, 0.25) is 0 Å². The summed E-state index contributed by atoms with van der Waals surface area (Å²) in [7, 11) is 1.63. The van der Waals surface area contributed by atoms with Crippen molar-refractivity contribution in [2.24, 2.45) is 0 Å². The second kappa shape index (κ2) is 11.9. The summed E-state index contributed by atoms with van der Waals surface area (Å²) in [6.45, 7) is 1.82. The summed E-state index contributed by atoms with van der Waals surface area (Å²) >= 11 is 0. The molecule has 4 atom stereocenters. The van der Waals surface area contributed by atoms with Gasteiger partial charge < -0.3 is 23.7 Å². The molecule has 0 radical (unpaired) electrons. The molecule has 0 amide bonds. The SMILES string of the molecule is COC1O[C@H](COCc2ccccc2)C(OCc2ccccc2)[C@H]1OCc1ccccc1. The smallest absolute Gasteiger partial charge is 0.186 e. The molecular weight excluding hydrogens is 404 g/mol. The fourth-order valence-electron chi connectivity index (χ4n) is 3.79. The van der Waals surface area contributed by atoms with Gasteiger partial charge in [0.1, 0.15) is 18.3 Å². The third-order valence-corrected chi connectivity index (χ3v) is 5.46. The highest BCUT2D eigenvalue weighted by atomic mass is 16.7. The van der Waals surface area contributed by atoms with Gasteiger partial charge in [-0.15, -0.1) is 0 Å². The number of hydrogen-bond donors (Lipinski definition) is 0. The lowest BCUT2D eigenvalue weighted by Gasteiger charge is -2.24. The first-order chi connectivity index (χ1) is 15.8. The zero-order valence-corrected chi connectivity index (χ0v) is 18.3. The van der Waals surface area contributed by atoms with Gasteiger partial charge >= 0.3 is 0 Å². The van der Waals surface area contributed by atoms with Crippen LogP contribution in [0.1, 0.15) is 16.7 Å². The van der Waals surface area contributed by atoms with Gasteiger partial charge in [0.15, 0.2) is 6.29 Å². The summed E-state index contributed by atoms with van der Waals surface area (Å²) in [6, 6.07) is 30.3. The maximum absolute atomic E-state index is 6.33. The largest absolute Gasteiger partial charge is 0.374 e. The second-order valence-electron chi connectivity index (χ2n) is 7.80. The Kier molecular flexibility index (Phi) is 8.42. The third kappa shape index (κ3) is 6.25. The van der Waals surface area contributed by atoms with E-state index in [0.717, 1.165) is 16.7 Å². The van der Waals surface area contributed by atoms with Gasteiger partial charge in [0.25, 0.3) is 0 Å². The van der Waals surface area contributed by atoms with Crippen molar-refractivity contribution >= 4 is 0 Å². The fourth-order valence-corrected chi connectivity index (χ4v) is 3.79. The lowest BCUT2D eigenvalue weighted by molar-refractivity contribution is -0.170. The Morgan fingerprint density at radius 2 is 1.09 bits per heavy atom. The highest BCUT2D eigenvalue weighted by Gasteiger charge is 2.46. The predicted molar refractivity (Wildman–Crippen MR) is 122 cm³/mol. The molecule has 1 aliphatic rings. The van der Waals surface area contributed by atoms with Crippen molar-refractivity contribution < 1.29 is 23.7 Å². The summed E-state index contributed by atoms with van der Waals surface area (Å²) in [5.74, 6) is 0. The average molecular weight is 435 g/mol. The molecule has 0 N–H and O–H groups in total. The van der Waals surface area contributed by atoms with Gasteiger partial charge in [-0.2, -0.15) is 0 Å². The van der Waals surface area contributed by atoms with Crippen LogP contribution < -0.4 is 0 Å². The first-order valence-electron chi connectivity index (χ1n) is 10.9. The Morgan fingerprint density at radius 3 is 1.59 bits per heavy atom. The van der Waals surface area contributed by atoms with Crippen LogP contribution in [0.5, 0.6) is 0 Å². The van der Waals surface area contributed by atoms with Crippen molar-refractivity contribution in [3.63, 3.8) is 0 Å². The van der Waals surface area contributed by atoms with E-state index in [2.05, 4.69) is 0 Å². The van der Waals surface area contributed by atoms with Crippen LogP contribution in [-0.4, -0.2) is 38.3 Å². The van der Waals surface area contributed by atoms with Crippen molar-refractivity contribution in [2.75, 3.05) is 13.7 Å². The molecule has 4 rings (SSSR count). The molecule has 1 fully saturated rings. The molecule has 32 heavy (non-hydrogen) atoms. The van der Waals surface area contributed by atoms with E-state index in [9.17, 15) is 0 Å². The van der Waals surface area contributed by atoms with E-state index in [-0.39, 0.29) is 18.3 Å². The summed E-state index contributed by atoms with van der Waals surface area (Å²) in [4.78, 5) is 0. The minimum absolute atomic E-state index is 0.298. The third-order valence-electron chi connectivity index (χ3n) is 5.46. The van der Waals surface area contributed by atoms with Crippen molar-refractivity contribution in [3.8, 4) is 0 Å². The lowest BCUT2D eigenvalue weighted by Crippen LogP contribution is -2.39. The Labute approximate surface area is 189 Å². The van der Waals surface area contributed by atoms with Crippen LogP contribution in [0.4, 0.5) is 0 Å². The van der Waals surface area contributed by atoms with Gasteiger partial charge in [0.2, 0.25) is 0 Å². The summed E-state index contributed by atoms with van der Waals surface area (Å²) in [5.41, 5.74) is 3.31. The molecule has 0 bridgehead atoms. The molecule has 2 unspecified atom stereocenters. The summed E-state index contributed by atoms with van der Waals surface area (Å²) in [6.07, 6.45) is -1.51. The van der Waals surface area contributed by atoms with Crippen LogP contribution in [0.25, 0.3) is 0 Å². The zero-order valence-electron chi connectivity index (χ0n) is 18.3. The van der Waals surface area contributed by atoms with E-state index in [0.29, 0.717) is 26.4 Å². The molecule has 1 aliphatic heterocycles. The molecule has 5 heteroatoms. The van der Waals surface area contributed by atoms with Crippen molar-refractivity contribution in [1.29, 1.82) is 0 Å². The van der Waals surface area contributed by atoms with E-state index in [1.165, 1.54) is 0 Å². The van der Waals surface area contributed by atoms with Crippen LogP contribution in [0, 0.1) is 0 Å². The van der Waals surface area contributed by atoms with Crippen molar-refractivity contribution in [1.82, 2.24) is 0 Å². The van der Waals surface area contributed by atoms with Gasteiger partial charge in [-0.1, -0.05) is 91.0 Å². The van der Waals surface area contributed by atoms with E-state index in [1.807, 2.05) is 91.0 Å². The fraction of sp³-hybridized carbons (Fsp3) is 0.333. The topological polar surface area (TPSA) is 46.2 Å². The molecule has 0 aromatic heterocycles. The highest BCUT2D eigenvalue weighted by molar-refractivity contribution is 5.15. The minimum atomic E-state index is -0.523. The minimum Gasteiger partial charge on any atom is -0.374 e. The van der Waals surface area contributed by atoms with Crippen LogP contribution in [0.3, 0.4) is 0 Å². The average Bonchev–Trinajstić information content (AvgIpc) is 3.19. The molecule has 3 aromatic rings. The molecule has 0 saturated carbocycles. The molecular formula is C27H30O5. The summed E-state index contributed by atoms with van der Waals surface area (Å²) in [5, 5.41) is 0. The lowest BCUT2D eigenvalue weighted by atomic mass is 10.1. The van der Waals surface area contributed by atoms with Gasteiger partial charge in [-0.05, 0) is 16.7 Å². The molecule has 1 heterocycles. The Balaban J connectivity index is 1.42. The van der Waals surface area contributed by atoms with Gasteiger partial charge in [-0.3, -0.25) is 0 Å². The van der Waals surface area contributed by atoms with Crippen molar-refractivity contribution in [2.45, 2.75) is 44.4 Å². The number of methoxy groups -OCH3 is 1. The number of rotatable bonds is 11. The van der Waals surface area contributed by atoms with Crippen LogP contribution >= 0.6 is 0 Å². The van der Waals surface area contributed by atoms with Gasteiger partial charge in [0, 0.05) is 7.11 Å². The molecule has 0 aliphatic carbocycles. The Bertz CT molecular complexity index is 903. The van der Waals surface area contributed by atoms with Gasteiger partial charge in [0.05, 0.1) is 26.4 Å². The Morgan fingerprint density at radius 1 is 0.625 bits per heavy atom. The second-order valence-corrected chi connectivity index (χ2v) is 7.80. The monoisotopic (exact) mass is 434 g/mol. The van der Waals surface area contributed by atoms with E-state index in [1.54, 1.807) is 7.11 Å². The molecule has 168 valence electrons. The van der Waals surface area contributed by atoms with E-state index in [4.69, 9.17) is 23.7 Å². The first-order valence-corrected chi connectivity index (χ1v) is 10.9. The zero-order chi connectivity index (χ0) is 22.0. The molecule has 3 aromatic carbocycles. The maximum Gasteiger partial charge on any atom is 0.186 e. The predicted octanol–water partition coefficient (Wildman–Crippen LogP) is 4.75. The first kappa shape index (κ1) is 22.6. The van der Waals surface area contributed by atoms with Crippen LogP contribution in [0.15, 0.2) is 91.0 Å². The normalized spacial score (nSPS) is 22.8. The number of ether oxygens (including phenoxy) is 5. The van der Waals surface area contributed by atoms with E-state index < -0.39 is 6.29 Å². The number of hydrogen-bond acceptors (Lipinski definition) is 5.